The number of carbonyl (C=O) groups excluding carboxylic acids is 1. The Morgan fingerprint density at radius 2 is 1.91 bits per heavy atom. The van der Waals surface area contributed by atoms with Crippen molar-refractivity contribution in [3.63, 3.8) is 0 Å². The van der Waals surface area contributed by atoms with Gasteiger partial charge >= 0.3 is 0 Å². The average molecular weight is 319 g/mol. The van der Waals surface area contributed by atoms with Gasteiger partial charge in [-0.05, 0) is 25.0 Å². The van der Waals surface area contributed by atoms with Crippen LogP contribution in [0.5, 0.6) is 0 Å². The number of morpholine rings is 1. The van der Waals surface area contributed by atoms with Crippen molar-refractivity contribution in [2.24, 2.45) is 0 Å². The Labute approximate surface area is 137 Å². The number of rotatable bonds is 5. The molecule has 1 aromatic heterocycles. The molecule has 0 aliphatic carbocycles. The second-order valence-corrected chi connectivity index (χ2v) is 6.01. The van der Waals surface area contributed by atoms with E-state index in [1.165, 1.54) is 0 Å². The monoisotopic (exact) mass is 319 g/mol. The maximum atomic E-state index is 12.9. The molecular formula is C17H25N3O3. The lowest BCUT2D eigenvalue weighted by molar-refractivity contribution is 0.0139. The van der Waals surface area contributed by atoms with Crippen LogP contribution in [0.3, 0.4) is 0 Å². The van der Waals surface area contributed by atoms with Gasteiger partial charge in [0, 0.05) is 51.6 Å². The fraction of sp³-hybridized carbons (Fsp3) is 0.647. The first-order chi connectivity index (χ1) is 11.3. The van der Waals surface area contributed by atoms with E-state index in [-0.39, 0.29) is 11.9 Å². The molecule has 6 heteroatoms. The Morgan fingerprint density at radius 3 is 2.61 bits per heavy atom. The zero-order chi connectivity index (χ0) is 15.9. The zero-order valence-corrected chi connectivity index (χ0v) is 13.5. The molecule has 3 rings (SSSR count). The van der Waals surface area contributed by atoms with E-state index in [4.69, 9.17) is 9.47 Å². The summed E-state index contributed by atoms with van der Waals surface area (Å²) in [6.07, 6.45) is 3.49. The fourth-order valence-electron chi connectivity index (χ4n) is 3.16. The van der Waals surface area contributed by atoms with Crippen LogP contribution in [0.2, 0.25) is 0 Å². The summed E-state index contributed by atoms with van der Waals surface area (Å²) >= 11 is 0. The van der Waals surface area contributed by atoms with Gasteiger partial charge in [-0.25, -0.2) is 0 Å². The summed E-state index contributed by atoms with van der Waals surface area (Å²) in [4.78, 5) is 21.5. The van der Waals surface area contributed by atoms with Crippen LogP contribution in [0.1, 0.15) is 23.3 Å². The van der Waals surface area contributed by atoms with Crippen LogP contribution in [-0.2, 0) is 9.47 Å². The van der Waals surface area contributed by atoms with Crippen LogP contribution in [-0.4, -0.2) is 79.3 Å². The molecule has 1 amide bonds. The molecule has 0 unspecified atom stereocenters. The maximum Gasteiger partial charge on any atom is 0.272 e. The van der Waals surface area contributed by atoms with Crippen molar-refractivity contribution in [3.05, 3.63) is 30.1 Å². The van der Waals surface area contributed by atoms with E-state index in [2.05, 4.69) is 9.88 Å². The van der Waals surface area contributed by atoms with Gasteiger partial charge in [0.05, 0.1) is 13.2 Å². The quantitative estimate of drug-likeness (QED) is 0.811. The average Bonchev–Trinajstić information content (AvgIpc) is 2.64. The number of hydrogen-bond acceptors (Lipinski definition) is 5. The van der Waals surface area contributed by atoms with E-state index >= 15 is 0 Å². The second-order valence-electron chi connectivity index (χ2n) is 6.01. The first-order valence-corrected chi connectivity index (χ1v) is 8.44. The van der Waals surface area contributed by atoms with Crippen molar-refractivity contribution in [2.75, 3.05) is 52.6 Å². The van der Waals surface area contributed by atoms with Gasteiger partial charge in [-0.1, -0.05) is 6.07 Å². The Kier molecular flexibility index (Phi) is 5.96. The molecule has 0 saturated carbocycles. The lowest BCUT2D eigenvalue weighted by Crippen LogP contribution is -2.48. The van der Waals surface area contributed by atoms with Gasteiger partial charge in [-0.15, -0.1) is 0 Å². The third-order valence-electron chi connectivity index (χ3n) is 4.54. The topological polar surface area (TPSA) is 54.9 Å². The maximum absolute atomic E-state index is 12.9. The Morgan fingerprint density at radius 1 is 1.17 bits per heavy atom. The molecule has 6 nitrogen and oxygen atoms in total. The van der Waals surface area contributed by atoms with Gasteiger partial charge in [0.1, 0.15) is 5.69 Å². The predicted molar refractivity (Wildman–Crippen MR) is 86.4 cm³/mol. The standard InChI is InChI=1S/C17H25N3O3/c21-17(16-3-1-2-6-18-16)20(15-4-11-22-12-5-15)8-7-19-9-13-23-14-10-19/h1-3,6,15H,4-5,7-14H2. The molecule has 0 bridgehead atoms. The number of aromatic nitrogens is 1. The van der Waals surface area contributed by atoms with Crippen LogP contribution in [0.15, 0.2) is 24.4 Å². The van der Waals surface area contributed by atoms with Gasteiger partial charge in [-0.2, -0.15) is 0 Å². The first kappa shape index (κ1) is 16.4. The second kappa shape index (κ2) is 8.38. The Bertz CT molecular complexity index is 485. The third kappa shape index (κ3) is 4.50. The van der Waals surface area contributed by atoms with E-state index in [1.54, 1.807) is 12.3 Å². The largest absolute Gasteiger partial charge is 0.381 e. The van der Waals surface area contributed by atoms with Gasteiger partial charge in [0.25, 0.3) is 5.91 Å². The summed E-state index contributed by atoms with van der Waals surface area (Å²) in [6.45, 7) is 6.54. The molecule has 2 saturated heterocycles. The van der Waals surface area contributed by atoms with E-state index in [0.29, 0.717) is 5.69 Å². The minimum absolute atomic E-state index is 0.0331. The van der Waals surface area contributed by atoms with Crippen molar-refractivity contribution in [1.82, 2.24) is 14.8 Å². The molecule has 0 N–H and O–H groups in total. The van der Waals surface area contributed by atoms with Crippen LogP contribution >= 0.6 is 0 Å². The first-order valence-electron chi connectivity index (χ1n) is 8.44. The highest BCUT2D eigenvalue weighted by Gasteiger charge is 2.27. The highest BCUT2D eigenvalue weighted by molar-refractivity contribution is 5.92. The number of ether oxygens (including phenoxy) is 2. The summed E-state index contributed by atoms with van der Waals surface area (Å²) < 4.78 is 10.8. The summed E-state index contributed by atoms with van der Waals surface area (Å²) in [5, 5.41) is 0. The molecule has 126 valence electrons. The van der Waals surface area contributed by atoms with Crippen molar-refractivity contribution < 1.29 is 14.3 Å². The molecule has 2 aliphatic rings. The number of pyridine rings is 1. The molecule has 2 fully saturated rings. The molecule has 0 aromatic carbocycles. The van der Waals surface area contributed by atoms with Gasteiger partial charge in [0.15, 0.2) is 0 Å². The van der Waals surface area contributed by atoms with Crippen LogP contribution < -0.4 is 0 Å². The number of carbonyl (C=O) groups is 1. The summed E-state index contributed by atoms with van der Waals surface area (Å²) in [5.74, 6) is 0.0331. The lowest BCUT2D eigenvalue weighted by Gasteiger charge is -2.36. The van der Waals surface area contributed by atoms with E-state index in [0.717, 1.165) is 65.4 Å². The Hall–Kier alpha value is -1.50. The highest BCUT2D eigenvalue weighted by atomic mass is 16.5. The molecular weight excluding hydrogens is 294 g/mol. The summed E-state index contributed by atoms with van der Waals surface area (Å²) in [5.41, 5.74) is 0.529. The summed E-state index contributed by atoms with van der Waals surface area (Å²) in [6, 6.07) is 5.75. The highest BCUT2D eigenvalue weighted by Crippen LogP contribution is 2.17. The Balaban J connectivity index is 1.66. The van der Waals surface area contributed by atoms with Crippen LogP contribution in [0.25, 0.3) is 0 Å². The fourth-order valence-corrected chi connectivity index (χ4v) is 3.16. The molecule has 1 aromatic rings. The van der Waals surface area contributed by atoms with Crippen LogP contribution in [0, 0.1) is 0 Å². The molecule has 0 spiro atoms. The van der Waals surface area contributed by atoms with Crippen LogP contribution in [0.4, 0.5) is 0 Å². The van der Waals surface area contributed by atoms with E-state index < -0.39 is 0 Å². The van der Waals surface area contributed by atoms with Crippen molar-refractivity contribution in [3.8, 4) is 0 Å². The number of nitrogens with zero attached hydrogens (tertiary/aromatic N) is 3. The molecule has 23 heavy (non-hydrogen) atoms. The SMILES string of the molecule is O=C(c1ccccn1)N(CCN1CCOCC1)C1CCOCC1. The number of amides is 1. The molecule has 3 heterocycles. The van der Waals surface area contributed by atoms with Gasteiger partial charge < -0.3 is 14.4 Å². The lowest BCUT2D eigenvalue weighted by atomic mass is 10.1. The van der Waals surface area contributed by atoms with E-state index in [9.17, 15) is 4.79 Å². The molecule has 0 radical (unpaired) electrons. The minimum atomic E-state index is 0.0331. The predicted octanol–water partition coefficient (Wildman–Crippen LogP) is 1.03. The van der Waals surface area contributed by atoms with Gasteiger partial charge in [-0.3, -0.25) is 14.7 Å². The molecule has 2 aliphatic heterocycles. The number of hydrogen-bond donors (Lipinski definition) is 0. The van der Waals surface area contributed by atoms with Crippen molar-refractivity contribution >= 4 is 5.91 Å². The minimum Gasteiger partial charge on any atom is -0.381 e. The normalized spacial score (nSPS) is 20.3. The van der Waals surface area contributed by atoms with Gasteiger partial charge in [0.2, 0.25) is 0 Å². The molecule has 0 atom stereocenters. The van der Waals surface area contributed by atoms with E-state index in [1.807, 2.05) is 17.0 Å². The summed E-state index contributed by atoms with van der Waals surface area (Å²) in [7, 11) is 0. The third-order valence-corrected chi connectivity index (χ3v) is 4.54. The smallest absolute Gasteiger partial charge is 0.272 e. The van der Waals surface area contributed by atoms with Crippen molar-refractivity contribution in [2.45, 2.75) is 18.9 Å². The van der Waals surface area contributed by atoms with Crippen molar-refractivity contribution in [1.29, 1.82) is 0 Å². The zero-order valence-electron chi connectivity index (χ0n) is 13.5.